The van der Waals surface area contributed by atoms with Crippen molar-refractivity contribution in [1.82, 2.24) is 0 Å². The predicted octanol–water partition coefficient (Wildman–Crippen LogP) is 3.29. The Balaban J connectivity index is 2.78. The third kappa shape index (κ3) is 2.76. The minimum atomic E-state index is -1.39. The van der Waals surface area contributed by atoms with Gasteiger partial charge in [0.15, 0.2) is 0 Å². The number of hydrogen-bond acceptors (Lipinski definition) is 3. The van der Waals surface area contributed by atoms with Gasteiger partial charge in [0.1, 0.15) is 5.82 Å². The van der Waals surface area contributed by atoms with Crippen LogP contribution in [-0.4, -0.2) is 24.2 Å². The molecule has 4 nitrogen and oxygen atoms in total. The largest absolute Gasteiger partial charge is 0.478 e. The highest BCUT2D eigenvalue weighted by molar-refractivity contribution is 6.00. The van der Waals surface area contributed by atoms with Gasteiger partial charge < -0.3 is 9.84 Å². The minimum absolute atomic E-state index is 0.00528. The maximum atomic E-state index is 13.8. The number of ether oxygens (including phenoxy) is 1. The van der Waals surface area contributed by atoms with Crippen LogP contribution in [0.5, 0.6) is 0 Å². The molecule has 0 aliphatic heterocycles. The third-order valence-corrected chi connectivity index (χ3v) is 3.18. The molecular weight excluding hydrogens is 275 g/mol. The molecule has 0 saturated heterocycles. The summed E-state index contributed by atoms with van der Waals surface area (Å²) in [4.78, 5) is 22.9. The van der Waals surface area contributed by atoms with Gasteiger partial charge in [-0.25, -0.2) is 14.0 Å². The van der Waals surface area contributed by atoms with E-state index in [9.17, 15) is 14.0 Å². The van der Waals surface area contributed by atoms with Gasteiger partial charge in [0.25, 0.3) is 0 Å². The summed E-state index contributed by atoms with van der Waals surface area (Å²) in [6.45, 7) is 1.82. The van der Waals surface area contributed by atoms with E-state index in [1.165, 1.54) is 7.11 Å². The maximum absolute atomic E-state index is 13.8. The minimum Gasteiger partial charge on any atom is -0.478 e. The summed E-state index contributed by atoms with van der Waals surface area (Å²) in [5.41, 5.74) is 1.33. The zero-order chi connectivity index (χ0) is 15.6. The van der Waals surface area contributed by atoms with Crippen molar-refractivity contribution in [3.8, 4) is 11.1 Å². The number of carbonyl (C=O) groups is 2. The molecule has 0 heterocycles. The topological polar surface area (TPSA) is 63.6 Å². The first-order chi connectivity index (χ1) is 9.95. The van der Waals surface area contributed by atoms with Gasteiger partial charge in [0, 0.05) is 0 Å². The molecule has 0 aliphatic rings. The summed E-state index contributed by atoms with van der Waals surface area (Å²) in [7, 11) is 1.19. The van der Waals surface area contributed by atoms with Crippen LogP contribution in [0.15, 0.2) is 36.4 Å². The molecule has 2 aromatic carbocycles. The van der Waals surface area contributed by atoms with Crippen LogP contribution in [0.25, 0.3) is 11.1 Å². The summed E-state index contributed by atoms with van der Waals surface area (Å²) in [5.74, 6) is -3.08. The zero-order valence-electron chi connectivity index (χ0n) is 11.5. The first-order valence-corrected chi connectivity index (χ1v) is 6.17. The number of halogens is 1. The molecule has 2 aromatic rings. The van der Waals surface area contributed by atoms with Gasteiger partial charge in [-0.2, -0.15) is 0 Å². The summed E-state index contributed by atoms with van der Waals surface area (Å²) in [6, 6.07) is 9.19. The van der Waals surface area contributed by atoms with Crippen LogP contribution in [0.4, 0.5) is 4.39 Å². The van der Waals surface area contributed by atoms with Gasteiger partial charge in [-0.1, -0.05) is 24.3 Å². The lowest BCUT2D eigenvalue weighted by Gasteiger charge is -2.12. The Hall–Kier alpha value is -2.69. The Morgan fingerprint density at radius 2 is 1.76 bits per heavy atom. The van der Waals surface area contributed by atoms with E-state index < -0.39 is 23.3 Å². The number of carboxylic acid groups (broad SMARTS) is 1. The number of methoxy groups -OCH3 is 1. The maximum Gasteiger partial charge on any atom is 0.338 e. The van der Waals surface area contributed by atoms with E-state index in [0.29, 0.717) is 11.1 Å². The summed E-state index contributed by atoms with van der Waals surface area (Å²) in [6.07, 6.45) is 0. The van der Waals surface area contributed by atoms with Gasteiger partial charge in [-0.3, -0.25) is 0 Å². The number of aromatic carboxylic acids is 1. The van der Waals surface area contributed by atoms with E-state index in [-0.39, 0.29) is 5.56 Å². The van der Waals surface area contributed by atoms with E-state index in [1.807, 2.05) is 19.1 Å². The second-order valence-corrected chi connectivity index (χ2v) is 4.49. The fraction of sp³-hybridized carbons (Fsp3) is 0.125. The van der Waals surface area contributed by atoms with E-state index in [2.05, 4.69) is 4.74 Å². The van der Waals surface area contributed by atoms with E-state index in [0.717, 1.165) is 17.7 Å². The summed E-state index contributed by atoms with van der Waals surface area (Å²) in [5, 5.41) is 9.04. The number of esters is 1. The highest BCUT2D eigenvalue weighted by atomic mass is 19.1. The van der Waals surface area contributed by atoms with Crippen molar-refractivity contribution in [1.29, 1.82) is 0 Å². The number of carboxylic acids is 1. The molecule has 1 N–H and O–H groups in total. The van der Waals surface area contributed by atoms with Crippen LogP contribution < -0.4 is 0 Å². The lowest BCUT2D eigenvalue weighted by atomic mass is 9.94. The van der Waals surface area contributed by atoms with Gasteiger partial charge >= 0.3 is 11.9 Å². The van der Waals surface area contributed by atoms with Crippen molar-refractivity contribution in [3.05, 3.63) is 58.9 Å². The highest BCUT2D eigenvalue weighted by Crippen LogP contribution is 2.30. The van der Waals surface area contributed by atoms with Crippen LogP contribution in [0.3, 0.4) is 0 Å². The van der Waals surface area contributed by atoms with Crippen LogP contribution >= 0.6 is 0 Å². The smallest absolute Gasteiger partial charge is 0.338 e. The third-order valence-electron chi connectivity index (χ3n) is 3.18. The van der Waals surface area contributed by atoms with Gasteiger partial charge in [-0.15, -0.1) is 0 Å². The van der Waals surface area contributed by atoms with Crippen molar-refractivity contribution in [2.45, 2.75) is 6.92 Å². The molecule has 0 spiro atoms. The van der Waals surface area contributed by atoms with Crippen molar-refractivity contribution < 1.29 is 23.8 Å². The van der Waals surface area contributed by atoms with Crippen LogP contribution in [0, 0.1) is 12.7 Å². The summed E-state index contributed by atoms with van der Waals surface area (Å²) < 4.78 is 18.4. The first kappa shape index (κ1) is 14.7. The van der Waals surface area contributed by atoms with Crippen LogP contribution in [0.1, 0.15) is 26.3 Å². The van der Waals surface area contributed by atoms with Crippen LogP contribution in [-0.2, 0) is 4.74 Å². The molecule has 2 rings (SSSR count). The Bertz CT molecular complexity index is 722. The fourth-order valence-electron chi connectivity index (χ4n) is 2.11. The molecule has 0 aliphatic carbocycles. The number of aryl methyl sites for hydroxylation is 1. The van der Waals surface area contributed by atoms with Gasteiger partial charge in [0.05, 0.1) is 18.2 Å². The van der Waals surface area contributed by atoms with E-state index >= 15 is 0 Å². The molecule has 0 radical (unpaired) electrons. The highest BCUT2D eigenvalue weighted by Gasteiger charge is 2.21. The first-order valence-electron chi connectivity index (χ1n) is 6.17. The van der Waals surface area contributed by atoms with Gasteiger partial charge in [-0.05, 0) is 35.7 Å². The Kier molecular flexibility index (Phi) is 4.03. The van der Waals surface area contributed by atoms with Crippen molar-refractivity contribution >= 4 is 11.9 Å². The molecular formula is C16H13FO4. The van der Waals surface area contributed by atoms with Crippen LogP contribution in [0.2, 0.25) is 0 Å². The predicted molar refractivity (Wildman–Crippen MR) is 74.9 cm³/mol. The second-order valence-electron chi connectivity index (χ2n) is 4.49. The molecule has 0 unspecified atom stereocenters. The quantitative estimate of drug-likeness (QED) is 0.880. The second kappa shape index (κ2) is 5.75. The fourth-order valence-corrected chi connectivity index (χ4v) is 2.11. The van der Waals surface area contributed by atoms with Crippen molar-refractivity contribution in [3.63, 3.8) is 0 Å². The average Bonchev–Trinajstić information content (AvgIpc) is 2.46. The summed E-state index contributed by atoms with van der Waals surface area (Å²) >= 11 is 0. The number of hydrogen-bond donors (Lipinski definition) is 1. The standard InChI is InChI=1S/C16H13FO4/c1-9-5-3-4-6-10(9)11-7-13(15(18)19)14(17)8-12(11)16(20)21-2/h3-8H,1-2H3,(H,18,19). The lowest BCUT2D eigenvalue weighted by molar-refractivity contribution is 0.0598. The number of rotatable bonds is 3. The molecule has 0 aromatic heterocycles. The molecule has 0 atom stereocenters. The molecule has 21 heavy (non-hydrogen) atoms. The lowest BCUT2D eigenvalue weighted by Crippen LogP contribution is -2.09. The zero-order valence-corrected chi connectivity index (χ0v) is 11.5. The molecule has 0 bridgehead atoms. The van der Waals surface area contributed by atoms with E-state index in [1.54, 1.807) is 12.1 Å². The average molecular weight is 288 g/mol. The van der Waals surface area contributed by atoms with Gasteiger partial charge in [0.2, 0.25) is 0 Å². The normalized spacial score (nSPS) is 10.2. The molecule has 0 fully saturated rings. The number of carbonyl (C=O) groups excluding carboxylic acids is 1. The van der Waals surface area contributed by atoms with Crippen molar-refractivity contribution in [2.75, 3.05) is 7.11 Å². The molecule has 108 valence electrons. The monoisotopic (exact) mass is 288 g/mol. The number of benzene rings is 2. The molecule has 0 amide bonds. The van der Waals surface area contributed by atoms with E-state index in [4.69, 9.17) is 5.11 Å². The Labute approximate surface area is 120 Å². The Morgan fingerprint density at radius 1 is 1.10 bits per heavy atom. The van der Waals surface area contributed by atoms with Crippen molar-refractivity contribution in [2.24, 2.45) is 0 Å². The molecule has 0 saturated carbocycles. The molecule has 5 heteroatoms. The Morgan fingerprint density at radius 3 is 2.33 bits per heavy atom. The SMILES string of the molecule is COC(=O)c1cc(F)c(C(=O)O)cc1-c1ccccc1C.